The van der Waals surface area contributed by atoms with Gasteiger partial charge in [-0.1, -0.05) is 0 Å². The van der Waals surface area contributed by atoms with Crippen LogP contribution in [0.2, 0.25) is 0 Å². The van der Waals surface area contributed by atoms with E-state index in [0.717, 1.165) is 32.4 Å². The monoisotopic (exact) mass is 218 g/mol. The molecule has 0 amide bonds. The lowest BCUT2D eigenvalue weighted by atomic mass is 10.2. The van der Waals surface area contributed by atoms with Gasteiger partial charge in [-0.3, -0.25) is 0 Å². The first-order valence-corrected chi connectivity index (χ1v) is 6.98. The molecule has 5 heteroatoms. The van der Waals surface area contributed by atoms with E-state index in [4.69, 9.17) is 0 Å². The molecule has 1 atom stereocenters. The maximum absolute atomic E-state index is 11.9. The predicted molar refractivity (Wildman–Crippen MR) is 55.6 cm³/mol. The maximum Gasteiger partial charge on any atom is 0.214 e. The molecule has 2 rings (SSSR count). The molecule has 0 aromatic heterocycles. The minimum atomic E-state index is -2.99. The molecule has 1 aliphatic heterocycles. The molecule has 2 aliphatic rings. The predicted octanol–water partition coefficient (Wildman–Crippen LogP) is 0.162. The molecule has 1 aliphatic carbocycles. The number of nitrogens with zero attached hydrogens (tertiary/aromatic N) is 1. The lowest BCUT2D eigenvalue weighted by molar-refractivity contribution is 0.327. The molecule has 0 bridgehead atoms. The zero-order valence-corrected chi connectivity index (χ0v) is 9.39. The van der Waals surface area contributed by atoms with Crippen molar-refractivity contribution in [2.75, 3.05) is 18.8 Å². The summed E-state index contributed by atoms with van der Waals surface area (Å²) in [5, 5.41) is 3.23. The lowest BCUT2D eigenvalue weighted by Gasteiger charge is -2.26. The molecule has 4 nitrogen and oxygen atoms in total. The summed E-state index contributed by atoms with van der Waals surface area (Å²) >= 11 is 0. The zero-order valence-electron chi connectivity index (χ0n) is 8.57. The van der Waals surface area contributed by atoms with Gasteiger partial charge in [-0.2, -0.15) is 4.31 Å². The molecule has 0 radical (unpaired) electrons. The van der Waals surface area contributed by atoms with Crippen molar-refractivity contribution in [1.82, 2.24) is 9.62 Å². The average Bonchev–Trinajstić information content (AvgIpc) is 2.81. The fourth-order valence-electron chi connectivity index (χ4n) is 2.09. The second-order valence-electron chi connectivity index (χ2n) is 4.11. The summed E-state index contributed by atoms with van der Waals surface area (Å²) in [6.45, 7) is 3.51. The number of hydrogen-bond acceptors (Lipinski definition) is 3. The Morgan fingerprint density at radius 2 is 2.00 bits per heavy atom. The van der Waals surface area contributed by atoms with Crippen molar-refractivity contribution in [3.05, 3.63) is 0 Å². The number of rotatable bonds is 4. The van der Waals surface area contributed by atoms with Crippen molar-refractivity contribution in [3.63, 3.8) is 0 Å². The third-order valence-corrected chi connectivity index (χ3v) is 4.96. The molecule has 1 N–H and O–H groups in total. The van der Waals surface area contributed by atoms with Gasteiger partial charge in [0.25, 0.3) is 0 Å². The number of hydrogen-bond donors (Lipinski definition) is 1. The fraction of sp³-hybridized carbons (Fsp3) is 1.00. The molecule has 0 aromatic rings. The maximum atomic E-state index is 11.9. The molecule has 1 heterocycles. The van der Waals surface area contributed by atoms with E-state index in [1.165, 1.54) is 0 Å². The Morgan fingerprint density at radius 3 is 2.43 bits per heavy atom. The van der Waals surface area contributed by atoms with Crippen molar-refractivity contribution in [2.24, 2.45) is 0 Å². The van der Waals surface area contributed by atoms with Crippen molar-refractivity contribution >= 4 is 10.0 Å². The summed E-state index contributed by atoms with van der Waals surface area (Å²) in [7, 11) is -2.99. The van der Waals surface area contributed by atoms with Gasteiger partial charge in [0.05, 0.1) is 5.75 Å². The highest BCUT2D eigenvalue weighted by Crippen LogP contribution is 2.32. The zero-order chi connectivity index (χ0) is 10.2. The molecule has 1 saturated carbocycles. The van der Waals surface area contributed by atoms with E-state index < -0.39 is 10.0 Å². The van der Waals surface area contributed by atoms with E-state index in [0.29, 0.717) is 6.04 Å². The van der Waals surface area contributed by atoms with Gasteiger partial charge in [0, 0.05) is 18.6 Å². The Kier molecular flexibility index (Phi) is 2.81. The van der Waals surface area contributed by atoms with Crippen molar-refractivity contribution in [2.45, 2.75) is 38.3 Å². The Morgan fingerprint density at radius 1 is 1.29 bits per heavy atom. The second-order valence-corrected chi connectivity index (χ2v) is 6.27. The van der Waals surface area contributed by atoms with Gasteiger partial charge in [0.15, 0.2) is 0 Å². The SMILES string of the molecule is CCS(=O)(=O)N(C1CC1)C1CCNC1. The molecule has 82 valence electrons. The van der Waals surface area contributed by atoms with Crippen LogP contribution < -0.4 is 5.32 Å². The van der Waals surface area contributed by atoms with E-state index in [1.807, 2.05) is 0 Å². The van der Waals surface area contributed by atoms with E-state index in [2.05, 4.69) is 5.32 Å². The fourth-order valence-corrected chi connectivity index (χ4v) is 3.68. The Bertz CT molecular complexity index is 292. The standard InChI is InChI=1S/C9H18N2O2S/c1-2-14(12,13)11(8-3-4-8)9-5-6-10-7-9/h8-10H,2-7H2,1H3. The first-order valence-electron chi connectivity index (χ1n) is 5.37. The third kappa shape index (κ3) is 1.94. The van der Waals surface area contributed by atoms with Crippen LogP contribution in [-0.2, 0) is 10.0 Å². The van der Waals surface area contributed by atoms with Crippen LogP contribution >= 0.6 is 0 Å². The molecule has 0 aromatic carbocycles. The normalized spacial score (nSPS) is 28.6. The van der Waals surface area contributed by atoms with Crippen molar-refractivity contribution < 1.29 is 8.42 Å². The molecule has 1 saturated heterocycles. The topological polar surface area (TPSA) is 49.4 Å². The number of nitrogens with one attached hydrogen (secondary N) is 1. The second kappa shape index (κ2) is 3.79. The minimum absolute atomic E-state index is 0.215. The van der Waals surface area contributed by atoms with Crippen LogP contribution in [0.25, 0.3) is 0 Å². The van der Waals surface area contributed by atoms with Crippen LogP contribution in [0, 0.1) is 0 Å². The van der Waals surface area contributed by atoms with Gasteiger partial charge in [-0.05, 0) is 32.7 Å². The molecular formula is C9H18N2O2S. The summed E-state index contributed by atoms with van der Waals surface area (Å²) < 4.78 is 25.5. The minimum Gasteiger partial charge on any atom is -0.315 e. The van der Waals surface area contributed by atoms with E-state index >= 15 is 0 Å². The molecule has 0 spiro atoms. The highest BCUT2D eigenvalue weighted by Gasteiger charge is 2.41. The van der Waals surface area contributed by atoms with E-state index in [1.54, 1.807) is 11.2 Å². The highest BCUT2D eigenvalue weighted by atomic mass is 32.2. The highest BCUT2D eigenvalue weighted by molar-refractivity contribution is 7.89. The molecule has 1 unspecified atom stereocenters. The van der Waals surface area contributed by atoms with Gasteiger partial charge in [-0.15, -0.1) is 0 Å². The van der Waals surface area contributed by atoms with E-state index in [9.17, 15) is 8.42 Å². The lowest BCUT2D eigenvalue weighted by Crippen LogP contribution is -2.43. The summed E-state index contributed by atoms with van der Waals surface area (Å²) in [6.07, 6.45) is 3.07. The van der Waals surface area contributed by atoms with Crippen LogP contribution in [0.1, 0.15) is 26.2 Å². The Labute approximate surface area is 85.7 Å². The van der Waals surface area contributed by atoms with Gasteiger partial charge in [0.2, 0.25) is 10.0 Å². The summed E-state index contributed by atoms with van der Waals surface area (Å²) in [4.78, 5) is 0. The summed E-state index contributed by atoms with van der Waals surface area (Å²) in [5.41, 5.74) is 0. The summed E-state index contributed by atoms with van der Waals surface area (Å²) in [5.74, 6) is 0.236. The summed E-state index contributed by atoms with van der Waals surface area (Å²) in [6, 6.07) is 0.525. The Balaban J connectivity index is 2.14. The van der Waals surface area contributed by atoms with Crippen LogP contribution in [0.15, 0.2) is 0 Å². The third-order valence-electron chi connectivity index (χ3n) is 2.99. The molecule has 14 heavy (non-hydrogen) atoms. The smallest absolute Gasteiger partial charge is 0.214 e. The first-order chi connectivity index (χ1) is 6.65. The van der Waals surface area contributed by atoms with E-state index in [-0.39, 0.29) is 11.8 Å². The van der Waals surface area contributed by atoms with Crippen LogP contribution in [0.4, 0.5) is 0 Å². The number of sulfonamides is 1. The van der Waals surface area contributed by atoms with Gasteiger partial charge < -0.3 is 5.32 Å². The van der Waals surface area contributed by atoms with Gasteiger partial charge in [-0.25, -0.2) is 8.42 Å². The van der Waals surface area contributed by atoms with Crippen molar-refractivity contribution in [1.29, 1.82) is 0 Å². The van der Waals surface area contributed by atoms with Crippen LogP contribution in [0.5, 0.6) is 0 Å². The van der Waals surface area contributed by atoms with Crippen molar-refractivity contribution in [3.8, 4) is 0 Å². The van der Waals surface area contributed by atoms with Crippen LogP contribution in [0.3, 0.4) is 0 Å². The van der Waals surface area contributed by atoms with Gasteiger partial charge in [0.1, 0.15) is 0 Å². The average molecular weight is 218 g/mol. The molecule has 2 fully saturated rings. The van der Waals surface area contributed by atoms with Crippen LogP contribution in [-0.4, -0.2) is 43.6 Å². The van der Waals surface area contributed by atoms with Gasteiger partial charge >= 0.3 is 0 Å². The Hall–Kier alpha value is -0.130. The molecular weight excluding hydrogens is 200 g/mol. The quantitative estimate of drug-likeness (QED) is 0.731. The largest absolute Gasteiger partial charge is 0.315 e. The first kappa shape index (κ1) is 10.4.